The van der Waals surface area contributed by atoms with E-state index >= 15 is 4.39 Å². The molecule has 0 aliphatic carbocycles. The van der Waals surface area contributed by atoms with Crippen molar-refractivity contribution in [1.82, 2.24) is 20.8 Å². The van der Waals surface area contributed by atoms with Crippen LogP contribution in [0.4, 0.5) is 10.2 Å². The van der Waals surface area contributed by atoms with E-state index in [-0.39, 0.29) is 22.5 Å². The summed E-state index contributed by atoms with van der Waals surface area (Å²) >= 11 is 0. The van der Waals surface area contributed by atoms with E-state index in [0.29, 0.717) is 36.7 Å². The molecule has 2 aliphatic heterocycles. The molecule has 0 bridgehead atoms. The minimum Gasteiger partial charge on any atom is -0.377 e. The van der Waals surface area contributed by atoms with E-state index in [1.807, 2.05) is 12.1 Å². The van der Waals surface area contributed by atoms with Gasteiger partial charge in [-0.15, -0.1) is 0 Å². The highest BCUT2D eigenvalue weighted by molar-refractivity contribution is 7.90. The number of aromatic nitrogens is 2. The molecule has 2 atom stereocenters. The lowest BCUT2D eigenvalue weighted by atomic mass is 9.98. The van der Waals surface area contributed by atoms with Gasteiger partial charge in [0, 0.05) is 36.5 Å². The van der Waals surface area contributed by atoms with Crippen molar-refractivity contribution < 1.29 is 17.5 Å². The predicted octanol–water partition coefficient (Wildman–Crippen LogP) is 2.60. The Hall–Kier alpha value is -2.66. The third-order valence-corrected chi connectivity index (χ3v) is 7.34. The molecule has 10 heteroatoms. The van der Waals surface area contributed by atoms with Crippen LogP contribution in [-0.4, -0.2) is 57.0 Å². The molecule has 5 rings (SSSR count). The fourth-order valence-electron chi connectivity index (χ4n) is 4.48. The maximum absolute atomic E-state index is 15.1. The maximum Gasteiger partial charge on any atom is 0.175 e. The topological polar surface area (TPSA) is 96.5 Å². The van der Waals surface area contributed by atoms with Crippen LogP contribution in [-0.2, 0) is 14.6 Å². The molecule has 2 aliphatic rings. The molecule has 1 aromatic carbocycles. The predicted molar refractivity (Wildman–Crippen MR) is 124 cm³/mol. The van der Waals surface area contributed by atoms with Crippen molar-refractivity contribution in [3.05, 3.63) is 48.0 Å². The summed E-state index contributed by atoms with van der Waals surface area (Å²) in [6, 6.07) is 7.63. The fraction of sp³-hybridized carbons (Fsp3) is 0.391. The molecule has 2 N–H and O–H groups in total. The number of fused-ring (bicyclic) bond motifs is 1. The van der Waals surface area contributed by atoms with E-state index in [1.54, 1.807) is 6.20 Å². The lowest BCUT2D eigenvalue weighted by Gasteiger charge is -2.34. The van der Waals surface area contributed by atoms with Crippen molar-refractivity contribution in [3.8, 4) is 11.1 Å². The normalized spacial score (nSPS) is 21.6. The van der Waals surface area contributed by atoms with Crippen LogP contribution >= 0.6 is 0 Å². The summed E-state index contributed by atoms with van der Waals surface area (Å²) in [5.41, 5.74) is 8.63. The number of nitrogens with one attached hydrogen (secondary N) is 2. The van der Waals surface area contributed by atoms with Gasteiger partial charge in [-0.1, -0.05) is 0 Å². The molecule has 1 unspecified atom stereocenters. The third kappa shape index (κ3) is 4.19. The highest BCUT2D eigenvalue weighted by Gasteiger charge is 2.26. The summed E-state index contributed by atoms with van der Waals surface area (Å²) in [7, 11) is -3.50. The first-order valence-corrected chi connectivity index (χ1v) is 12.8. The van der Waals surface area contributed by atoms with E-state index in [2.05, 4.69) is 27.7 Å². The second kappa shape index (κ2) is 8.60. The van der Waals surface area contributed by atoms with E-state index < -0.39 is 15.7 Å². The van der Waals surface area contributed by atoms with Crippen molar-refractivity contribution in [2.45, 2.75) is 30.3 Å². The molecule has 2 saturated heterocycles. The molecular weight excluding hydrogens is 445 g/mol. The molecule has 0 amide bonds. The molecule has 0 saturated carbocycles. The lowest BCUT2D eigenvalue weighted by Crippen LogP contribution is -2.44. The minimum absolute atomic E-state index is 0.0291. The van der Waals surface area contributed by atoms with Crippen molar-refractivity contribution in [3.63, 3.8) is 0 Å². The molecule has 33 heavy (non-hydrogen) atoms. The number of halogens is 1. The van der Waals surface area contributed by atoms with Gasteiger partial charge in [-0.2, -0.15) is 0 Å². The number of pyridine rings is 2. The van der Waals surface area contributed by atoms with Crippen LogP contribution in [0.15, 0.2) is 41.4 Å². The van der Waals surface area contributed by atoms with Gasteiger partial charge in [-0.3, -0.25) is 10.4 Å². The number of benzene rings is 1. The molecule has 8 nitrogen and oxygen atoms in total. The van der Waals surface area contributed by atoms with Gasteiger partial charge in [-0.25, -0.2) is 23.2 Å². The molecule has 4 heterocycles. The molecule has 0 spiro atoms. The molecule has 3 aromatic rings. The largest absolute Gasteiger partial charge is 0.377 e. The highest BCUT2D eigenvalue weighted by atomic mass is 32.2. The molecular formula is C23H26FN5O3S. The van der Waals surface area contributed by atoms with Crippen LogP contribution in [0.25, 0.3) is 22.0 Å². The first-order valence-electron chi connectivity index (χ1n) is 11.0. The smallest absolute Gasteiger partial charge is 0.175 e. The van der Waals surface area contributed by atoms with Crippen molar-refractivity contribution >= 4 is 26.6 Å². The number of nitrogens with zero attached hydrogens (tertiary/aromatic N) is 3. The number of morpholine rings is 1. The number of hydrazine groups is 1. The van der Waals surface area contributed by atoms with Gasteiger partial charge >= 0.3 is 0 Å². The van der Waals surface area contributed by atoms with Crippen LogP contribution in [0.1, 0.15) is 25.1 Å². The maximum atomic E-state index is 15.1. The van der Waals surface area contributed by atoms with Crippen LogP contribution in [0.5, 0.6) is 0 Å². The Kier molecular flexibility index (Phi) is 5.77. The van der Waals surface area contributed by atoms with Crippen LogP contribution in [0, 0.1) is 5.82 Å². The standard InChI is InChI=1S/C23H26FN5O3S/c1-14-13-32-10-9-29(14)21-12-17(18-11-15(33(2,30)31)3-4-19(18)24)16-5-7-25-23(22(16)27-21)20-6-8-26-28-20/h3-5,7,11-12,14,20,26,28H,6,8-10,13H2,1-2H3/t14-,20?/m1/s1. The second-order valence-corrected chi connectivity index (χ2v) is 10.6. The Labute approximate surface area is 192 Å². The van der Waals surface area contributed by atoms with Crippen LogP contribution < -0.4 is 15.8 Å². The zero-order chi connectivity index (χ0) is 23.2. The summed E-state index contributed by atoms with van der Waals surface area (Å²) in [5, 5.41) is 0.725. The van der Waals surface area contributed by atoms with E-state index in [9.17, 15) is 8.42 Å². The lowest BCUT2D eigenvalue weighted by molar-refractivity contribution is 0.0986. The van der Waals surface area contributed by atoms with Crippen LogP contribution in [0.3, 0.4) is 0 Å². The van der Waals surface area contributed by atoms with Gasteiger partial charge in [0.25, 0.3) is 0 Å². The van der Waals surface area contributed by atoms with Gasteiger partial charge in [0.2, 0.25) is 0 Å². The van der Waals surface area contributed by atoms with Crippen LogP contribution in [0.2, 0.25) is 0 Å². The summed E-state index contributed by atoms with van der Waals surface area (Å²) < 4.78 is 45.1. The average molecular weight is 472 g/mol. The number of hydrogen-bond donors (Lipinski definition) is 2. The highest BCUT2D eigenvalue weighted by Crippen LogP contribution is 2.37. The summed E-state index contributed by atoms with van der Waals surface area (Å²) in [5.74, 6) is 0.201. The number of anilines is 1. The second-order valence-electron chi connectivity index (χ2n) is 8.56. The molecule has 2 aromatic heterocycles. The Morgan fingerprint density at radius 2 is 2.06 bits per heavy atom. The number of ether oxygens (including phenoxy) is 1. The monoisotopic (exact) mass is 471 g/mol. The van der Waals surface area contributed by atoms with Crippen molar-refractivity contribution in [2.75, 3.05) is 37.5 Å². The van der Waals surface area contributed by atoms with Crippen molar-refractivity contribution in [1.29, 1.82) is 0 Å². The Morgan fingerprint density at radius 3 is 2.79 bits per heavy atom. The Bertz CT molecular complexity index is 1310. The van der Waals surface area contributed by atoms with Gasteiger partial charge in [-0.05, 0) is 49.2 Å². The van der Waals surface area contributed by atoms with E-state index in [4.69, 9.17) is 9.72 Å². The molecule has 174 valence electrons. The average Bonchev–Trinajstić information content (AvgIpc) is 3.33. The van der Waals surface area contributed by atoms with Crippen molar-refractivity contribution in [2.24, 2.45) is 0 Å². The zero-order valence-electron chi connectivity index (χ0n) is 18.5. The number of hydrogen-bond acceptors (Lipinski definition) is 8. The quantitative estimate of drug-likeness (QED) is 0.561. The summed E-state index contributed by atoms with van der Waals surface area (Å²) in [4.78, 5) is 11.8. The first-order chi connectivity index (χ1) is 15.8. The fourth-order valence-corrected chi connectivity index (χ4v) is 5.13. The van der Waals surface area contributed by atoms with E-state index in [1.165, 1.54) is 18.2 Å². The summed E-state index contributed by atoms with van der Waals surface area (Å²) in [6.07, 6.45) is 3.66. The minimum atomic E-state index is -3.50. The molecule has 0 radical (unpaired) electrons. The molecule has 2 fully saturated rings. The zero-order valence-corrected chi connectivity index (χ0v) is 19.3. The Balaban J connectivity index is 1.78. The van der Waals surface area contributed by atoms with Gasteiger partial charge in [0.1, 0.15) is 11.6 Å². The number of rotatable bonds is 4. The van der Waals surface area contributed by atoms with E-state index in [0.717, 1.165) is 30.3 Å². The summed E-state index contributed by atoms with van der Waals surface area (Å²) in [6.45, 7) is 4.67. The SMILES string of the molecule is C[C@@H]1COCCN1c1cc(-c2cc(S(C)(=O)=O)ccc2F)c2ccnc(C3CCNN3)c2n1. The third-order valence-electron chi connectivity index (χ3n) is 6.22. The first kappa shape index (κ1) is 22.1. The Morgan fingerprint density at radius 1 is 1.21 bits per heavy atom. The number of sulfone groups is 1. The van der Waals surface area contributed by atoms with Gasteiger partial charge in [0.05, 0.1) is 41.4 Å². The van der Waals surface area contributed by atoms with Gasteiger partial charge < -0.3 is 9.64 Å². The van der Waals surface area contributed by atoms with Gasteiger partial charge in [0.15, 0.2) is 9.84 Å².